The minimum atomic E-state index is -0.102. The zero-order valence-electron chi connectivity index (χ0n) is 9.08. The second kappa shape index (κ2) is 4.11. The van der Waals surface area contributed by atoms with Crippen molar-refractivity contribution < 1.29 is 5.11 Å². The molecule has 15 heavy (non-hydrogen) atoms. The normalized spacial score (nSPS) is 12.9. The van der Waals surface area contributed by atoms with Gasteiger partial charge in [-0.05, 0) is 17.7 Å². The largest absolute Gasteiger partial charge is 0.505 e. The van der Waals surface area contributed by atoms with Gasteiger partial charge in [0.2, 0.25) is 0 Å². The first-order valence-electron chi connectivity index (χ1n) is 4.63. The molecular formula is C11H15ClN2O. The van der Waals surface area contributed by atoms with Gasteiger partial charge < -0.3 is 10.8 Å². The third-order valence-corrected chi connectivity index (χ3v) is 2.32. The average molecular weight is 227 g/mol. The molecule has 0 spiro atoms. The molecule has 1 rings (SSSR count). The summed E-state index contributed by atoms with van der Waals surface area (Å²) in [5.74, 6) is -0.0351. The molecule has 1 aromatic heterocycles. The number of rotatable bonds is 1. The summed E-state index contributed by atoms with van der Waals surface area (Å²) in [6.45, 7) is 6.05. The van der Waals surface area contributed by atoms with E-state index >= 15 is 0 Å². The van der Waals surface area contributed by atoms with E-state index in [1.807, 2.05) is 20.8 Å². The number of aromatic hydroxyl groups is 1. The summed E-state index contributed by atoms with van der Waals surface area (Å²) >= 11 is 5.59. The number of pyridine rings is 1. The van der Waals surface area contributed by atoms with Crippen molar-refractivity contribution in [2.45, 2.75) is 20.8 Å². The van der Waals surface area contributed by atoms with Crippen LogP contribution in [0, 0.1) is 5.41 Å². The summed E-state index contributed by atoms with van der Waals surface area (Å²) in [6, 6.07) is 1.54. The molecule has 0 aliphatic heterocycles. The lowest BCUT2D eigenvalue weighted by atomic mass is 9.91. The Kier molecular flexibility index (Phi) is 3.25. The number of aromatic nitrogens is 1. The monoisotopic (exact) mass is 226 g/mol. The SMILES string of the molecule is CC(C)(C)/C(N)=C/c1cnc(Cl)c(O)c1. The van der Waals surface area contributed by atoms with Gasteiger partial charge in [-0.25, -0.2) is 4.98 Å². The highest BCUT2D eigenvalue weighted by atomic mass is 35.5. The number of allylic oxidation sites excluding steroid dienone is 1. The topological polar surface area (TPSA) is 59.1 Å². The molecule has 0 saturated heterocycles. The van der Waals surface area contributed by atoms with Crippen LogP contribution in [0.1, 0.15) is 26.3 Å². The fraction of sp³-hybridized carbons (Fsp3) is 0.364. The van der Waals surface area contributed by atoms with Crippen molar-refractivity contribution >= 4 is 17.7 Å². The first-order valence-corrected chi connectivity index (χ1v) is 5.00. The summed E-state index contributed by atoms with van der Waals surface area (Å²) in [5, 5.41) is 9.45. The Hall–Kier alpha value is -1.22. The molecule has 0 unspecified atom stereocenters. The summed E-state index contributed by atoms with van der Waals surface area (Å²) in [5.41, 5.74) is 7.26. The van der Waals surface area contributed by atoms with Gasteiger partial charge in [0, 0.05) is 17.3 Å². The lowest BCUT2D eigenvalue weighted by Gasteiger charge is -2.18. The highest BCUT2D eigenvalue weighted by Crippen LogP contribution is 2.25. The van der Waals surface area contributed by atoms with E-state index in [1.165, 1.54) is 6.07 Å². The van der Waals surface area contributed by atoms with Crippen molar-refractivity contribution in [3.8, 4) is 5.75 Å². The molecule has 3 N–H and O–H groups in total. The van der Waals surface area contributed by atoms with Gasteiger partial charge >= 0.3 is 0 Å². The van der Waals surface area contributed by atoms with Crippen molar-refractivity contribution in [2.24, 2.45) is 11.1 Å². The van der Waals surface area contributed by atoms with Crippen LogP contribution >= 0.6 is 11.6 Å². The number of nitrogens with two attached hydrogens (primary N) is 1. The molecule has 0 aliphatic carbocycles. The van der Waals surface area contributed by atoms with Crippen molar-refractivity contribution in [1.29, 1.82) is 0 Å². The van der Waals surface area contributed by atoms with E-state index < -0.39 is 0 Å². The van der Waals surface area contributed by atoms with E-state index in [4.69, 9.17) is 17.3 Å². The van der Waals surface area contributed by atoms with Crippen LogP contribution in [0.3, 0.4) is 0 Å². The van der Waals surface area contributed by atoms with E-state index in [-0.39, 0.29) is 16.3 Å². The smallest absolute Gasteiger partial charge is 0.170 e. The molecular weight excluding hydrogens is 212 g/mol. The Balaban J connectivity index is 3.04. The lowest BCUT2D eigenvalue weighted by molar-refractivity contribution is 0.472. The van der Waals surface area contributed by atoms with Crippen molar-refractivity contribution in [3.63, 3.8) is 0 Å². The number of hydrogen-bond donors (Lipinski definition) is 2. The molecule has 1 aromatic rings. The quantitative estimate of drug-likeness (QED) is 0.724. The van der Waals surface area contributed by atoms with E-state index in [9.17, 15) is 5.11 Å². The summed E-state index contributed by atoms with van der Waals surface area (Å²) < 4.78 is 0. The highest BCUT2D eigenvalue weighted by Gasteiger charge is 2.13. The van der Waals surface area contributed by atoms with E-state index in [0.29, 0.717) is 0 Å². The maximum absolute atomic E-state index is 9.35. The molecule has 0 saturated carbocycles. The van der Waals surface area contributed by atoms with Gasteiger partial charge in [-0.1, -0.05) is 32.4 Å². The molecule has 0 bridgehead atoms. The lowest BCUT2D eigenvalue weighted by Crippen LogP contribution is -2.16. The van der Waals surface area contributed by atoms with E-state index in [2.05, 4.69) is 4.98 Å². The molecule has 0 amide bonds. The molecule has 0 aromatic carbocycles. The highest BCUT2D eigenvalue weighted by molar-refractivity contribution is 6.30. The van der Waals surface area contributed by atoms with Gasteiger partial charge in [-0.2, -0.15) is 0 Å². The van der Waals surface area contributed by atoms with Crippen LogP contribution in [0.4, 0.5) is 0 Å². The Morgan fingerprint density at radius 3 is 2.60 bits per heavy atom. The van der Waals surface area contributed by atoms with Crippen LogP contribution in [0.25, 0.3) is 6.08 Å². The molecule has 82 valence electrons. The van der Waals surface area contributed by atoms with E-state index in [0.717, 1.165) is 11.3 Å². The second-order valence-electron chi connectivity index (χ2n) is 4.43. The molecule has 0 radical (unpaired) electrons. The predicted octanol–water partition coefficient (Wildman–Crippen LogP) is 2.79. The molecule has 1 heterocycles. The van der Waals surface area contributed by atoms with Crippen LogP contribution in [0.15, 0.2) is 18.0 Å². The molecule has 0 aliphatic rings. The van der Waals surface area contributed by atoms with Crippen LogP contribution in [0.5, 0.6) is 5.75 Å². The molecule has 3 nitrogen and oxygen atoms in total. The van der Waals surface area contributed by atoms with E-state index in [1.54, 1.807) is 12.3 Å². The van der Waals surface area contributed by atoms with Crippen LogP contribution in [0.2, 0.25) is 5.15 Å². The minimum Gasteiger partial charge on any atom is -0.505 e. The predicted molar refractivity (Wildman–Crippen MR) is 62.5 cm³/mol. The zero-order chi connectivity index (χ0) is 11.6. The van der Waals surface area contributed by atoms with Crippen molar-refractivity contribution in [3.05, 3.63) is 28.7 Å². The van der Waals surface area contributed by atoms with Crippen LogP contribution in [-0.4, -0.2) is 10.1 Å². The molecule has 4 heteroatoms. The van der Waals surface area contributed by atoms with Gasteiger partial charge in [-0.15, -0.1) is 0 Å². The fourth-order valence-corrected chi connectivity index (χ4v) is 1.03. The second-order valence-corrected chi connectivity index (χ2v) is 4.79. The summed E-state index contributed by atoms with van der Waals surface area (Å²) in [6.07, 6.45) is 3.35. The third-order valence-electron chi connectivity index (χ3n) is 2.03. The zero-order valence-corrected chi connectivity index (χ0v) is 9.84. The molecule has 0 atom stereocenters. The number of nitrogens with zero attached hydrogens (tertiary/aromatic N) is 1. The van der Waals surface area contributed by atoms with Crippen LogP contribution < -0.4 is 5.73 Å². The van der Waals surface area contributed by atoms with Gasteiger partial charge in [0.25, 0.3) is 0 Å². The minimum absolute atomic E-state index is 0.0351. The Morgan fingerprint density at radius 1 is 1.53 bits per heavy atom. The maximum atomic E-state index is 9.35. The van der Waals surface area contributed by atoms with Gasteiger partial charge in [0.15, 0.2) is 10.9 Å². The standard InChI is InChI=1S/C11H15ClN2O/c1-11(2,3)9(13)5-7-4-8(15)10(12)14-6-7/h4-6,15H,13H2,1-3H3/b9-5-. The van der Waals surface area contributed by atoms with Crippen molar-refractivity contribution in [2.75, 3.05) is 0 Å². The molecule has 0 fully saturated rings. The average Bonchev–Trinajstić information content (AvgIpc) is 2.10. The Bertz CT molecular complexity index is 394. The Morgan fingerprint density at radius 2 is 2.13 bits per heavy atom. The van der Waals surface area contributed by atoms with Gasteiger partial charge in [-0.3, -0.25) is 0 Å². The number of hydrogen-bond acceptors (Lipinski definition) is 3. The first kappa shape index (κ1) is 11.9. The van der Waals surface area contributed by atoms with Gasteiger partial charge in [0.05, 0.1) is 0 Å². The first-order chi connectivity index (χ1) is 6.80. The summed E-state index contributed by atoms with van der Waals surface area (Å²) in [7, 11) is 0. The number of halogens is 1. The maximum Gasteiger partial charge on any atom is 0.170 e. The Labute approximate surface area is 94.6 Å². The van der Waals surface area contributed by atoms with Gasteiger partial charge in [0.1, 0.15) is 0 Å². The fourth-order valence-electron chi connectivity index (χ4n) is 0.927. The van der Waals surface area contributed by atoms with Crippen molar-refractivity contribution in [1.82, 2.24) is 4.98 Å². The third kappa shape index (κ3) is 3.13. The van der Waals surface area contributed by atoms with Crippen LogP contribution in [-0.2, 0) is 0 Å². The summed E-state index contributed by atoms with van der Waals surface area (Å²) in [4.78, 5) is 3.83.